The molecule has 128 valence electrons. The summed E-state index contributed by atoms with van der Waals surface area (Å²) in [6.45, 7) is 4.64. The van der Waals surface area contributed by atoms with Crippen molar-refractivity contribution < 1.29 is 14.3 Å². The van der Waals surface area contributed by atoms with Crippen molar-refractivity contribution in [1.82, 2.24) is 5.32 Å². The number of hydrogen-bond acceptors (Lipinski definition) is 4. The molecule has 0 spiro atoms. The summed E-state index contributed by atoms with van der Waals surface area (Å²) in [6.07, 6.45) is 0.478. The minimum atomic E-state index is -0.452. The summed E-state index contributed by atoms with van der Waals surface area (Å²) in [5.41, 5.74) is 7.39. The molecular formula is C18H22N2O3S. The second-order valence-corrected chi connectivity index (χ2v) is 6.44. The van der Waals surface area contributed by atoms with E-state index in [1.54, 1.807) is 0 Å². The van der Waals surface area contributed by atoms with Crippen LogP contribution in [0.2, 0.25) is 0 Å². The monoisotopic (exact) mass is 346 g/mol. The van der Waals surface area contributed by atoms with Crippen LogP contribution in [0.4, 0.5) is 0 Å². The molecule has 24 heavy (non-hydrogen) atoms. The van der Waals surface area contributed by atoms with Crippen LogP contribution in [0, 0.1) is 12.8 Å². The predicted molar refractivity (Wildman–Crippen MR) is 95.4 cm³/mol. The highest BCUT2D eigenvalue weighted by Crippen LogP contribution is 2.17. The Kier molecular flexibility index (Phi) is 6.37. The average Bonchev–Trinajstić information content (AvgIpc) is 2.99. The predicted octanol–water partition coefficient (Wildman–Crippen LogP) is 2.53. The van der Waals surface area contributed by atoms with Crippen LogP contribution in [0.1, 0.15) is 27.7 Å². The van der Waals surface area contributed by atoms with Crippen molar-refractivity contribution in [2.45, 2.75) is 20.3 Å². The molecule has 1 aromatic heterocycles. The largest absolute Gasteiger partial charge is 0.494 e. The molecule has 1 atom stereocenters. The van der Waals surface area contributed by atoms with Crippen molar-refractivity contribution in [3.63, 3.8) is 0 Å². The summed E-state index contributed by atoms with van der Waals surface area (Å²) < 4.78 is 5.40. The van der Waals surface area contributed by atoms with E-state index >= 15 is 0 Å². The van der Waals surface area contributed by atoms with E-state index in [1.807, 2.05) is 49.6 Å². The maximum atomic E-state index is 12.2. The quantitative estimate of drug-likeness (QED) is 0.771. The first-order chi connectivity index (χ1) is 11.5. The normalized spacial score (nSPS) is 11.8. The zero-order chi connectivity index (χ0) is 17.5. The van der Waals surface area contributed by atoms with Gasteiger partial charge < -0.3 is 15.8 Å². The molecule has 2 rings (SSSR count). The zero-order valence-corrected chi connectivity index (χ0v) is 14.7. The van der Waals surface area contributed by atoms with Gasteiger partial charge in [-0.05, 0) is 55.0 Å². The van der Waals surface area contributed by atoms with E-state index in [9.17, 15) is 9.59 Å². The van der Waals surface area contributed by atoms with Gasteiger partial charge in [-0.3, -0.25) is 9.59 Å². The van der Waals surface area contributed by atoms with Gasteiger partial charge in [0, 0.05) is 6.54 Å². The first-order valence-electron chi connectivity index (χ1n) is 7.84. The van der Waals surface area contributed by atoms with E-state index in [1.165, 1.54) is 11.3 Å². The van der Waals surface area contributed by atoms with Crippen molar-refractivity contribution in [2.75, 3.05) is 13.2 Å². The number of nitrogens with two attached hydrogens (primary N) is 1. The Labute approximate surface area is 145 Å². The van der Waals surface area contributed by atoms with Gasteiger partial charge >= 0.3 is 0 Å². The lowest BCUT2D eigenvalue weighted by Gasteiger charge is -2.15. The van der Waals surface area contributed by atoms with E-state index < -0.39 is 11.8 Å². The highest BCUT2D eigenvalue weighted by Gasteiger charge is 2.18. The third-order valence-electron chi connectivity index (χ3n) is 3.70. The van der Waals surface area contributed by atoms with Crippen LogP contribution in [-0.2, 0) is 11.2 Å². The summed E-state index contributed by atoms with van der Waals surface area (Å²) in [6, 6.07) is 9.44. The fourth-order valence-electron chi connectivity index (χ4n) is 2.35. The molecule has 0 aliphatic rings. The van der Waals surface area contributed by atoms with Crippen LogP contribution in [0.25, 0.3) is 0 Å². The van der Waals surface area contributed by atoms with Gasteiger partial charge in [-0.15, -0.1) is 11.3 Å². The number of rotatable bonds is 8. The van der Waals surface area contributed by atoms with Gasteiger partial charge in [-0.1, -0.05) is 12.1 Å². The number of benzene rings is 1. The Morgan fingerprint density at radius 1 is 1.25 bits per heavy atom. The summed E-state index contributed by atoms with van der Waals surface area (Å²) in [5.74, 6) is -0.252. The number of carbonyl (C=O) groups excluding carboxylic acids is 2. The van der Waals surface area contributed by atoms with Crippen molar-refractivity contribution in [3.8, 4) is 5.75 Å². The van der Waals surface area contributed by atoms with Gasteiger partial charge in [0.15, 0.2) is 0 Å². The van der Waals surface area contributed by atoms with Crippen LogP contribution >= 0.6 is 11.3 Å². The minimum Gasteiger partial charge on any atom is -0.494 e. The van der Waals surface area contributed by atoms with Crippen LogP contribution in [0.5, 0.6) is 5.75 Å². The first kappa shape index (κ1) is 18.0. The Morgan fingerprint density at radius 2 is 1.96 bits per heavy atom. The molecule has 6 heteroatoms. The van der Waals surface area contributed by atoms with Gasteiger partial charge in [-0.2, -0.15) is 0 Å². The van der Waals surface area contributed by atoms with E-state index in [2.05, 4.69) is 5.32 Å². The number of nitrogens with one attached hydrogen (secondary N) is 1. The van der Waals surface area contributed by atoms with Crippen LogP contribution < -0.4 is 15.8 Å². The number of hydrogen-bond donors (Lipinski definition) is 2. The lowest BCUT2D eigenvalue weighted by molar-refractivity contribution is -0.121. The van der Waals surface area contributed by atoms with E-state index in [0.29, 0.717) is 17.9 Å². The number of amides is 2. The molecule has 0 aliphatic carbocycles. The fraction of sp³-hybridized carbons (Fsp3) is 0.333. The Hall–Kier alpha value is -2.34. The Bertz CT molecular complexity index is 695. The van der Waals surface area contributed by atoms with Crippen molar-refractivity contribution in [2.24, 2.45) is 11.7 Å². The molecule has 0 bridgehead atoms. The van der Waals surface area contributed by atoms with Crippen molar-refractivity contribution in [3.05, 3.63) is 51.7 Å². The molecule has 0 fully saturated rings. The molecule has 0 saturated carbocycles. The van der Waals surface area contributed by atoms with Crippen LogP contribution in [-0.4, -0.2) is 25.0 Å². The number of carbonyl (C=O) groups is 2. The van der Waals surface area contributed by atoms with E-state index in [-0.39, 0.29) is 12.5 Å². The smallest absolute Gasteiger partial charge is 0.261 e. The second-order valence-electron chi connectivity index (χ2n) is 5.52. The summed E-state index contributed by atoms with van der Waals surface area (Å²) in [7, 11) is 0. The van der Waals surface area contributed by atoms with Crippen molar-refractivity contribution in [1.29, 1.82) is 0 Å². The molecular weight excluding hydrogens is 324 g/mol. The lowest BCUT2D eigenvalue weighted by atomic mass is 9.98. The highest BCUT2D eigenvalue weighted by atomic mass is 32.1. The van der Waals surface area contributed by atoms with Crippen molar-refractivity contribution >= 4 is 23.2 Å². The maximum Gasteiger partial charge on any atom is 0.261 e. The molecule has 1 heterocycles. The SMILES string of the molecule is CCOc1ccc(C[C@@H](CNC(=O)c2sccc2C)C(N)=O)cc1. The summed E-state index contributed by atoms with van der Waals surface area (Å²) >= 11 is 1.39. The standard InChI is InChI=1S/C18H22N2O3S/c1-3-23-15-6-4-13(5-7-15)10-14(17(19)21)11-20-18(22)16-12(2)8-9-24-16/h4-9,14H,3,10-11H2,1-2H3,(H2,19,21)(H,20,22)/t14-/m0/s1. The number of ether oxygens (including phenoxy) is 1. The van der Waals surface area contributed by atoms with E-state index in [4.69, 9.17) is 10.5 Å². The zero-order valence-electron chi connectivity index (χ0n) is 13.9. The van der Waals surface area contributed by atoms with Gasteiger partial charge in [-0.25, -0.2) is 0 Å². The van der Waals surface area contributed by atoms with Gasteiger partial charge in [0.05, 0.1) is 17.4 Å². The maximum absolute atomic E-state index is 12.2. The second kappa shape index (κ2) is 8.49. The van der Waals surface area contributed by atoms with Crippen LogP contribution in [0.3, 0.4) is 0 Å². The van der Waals surface area contributed by atoms with E-state index in [0.717, 1.165) is 16.9 Å². The van der Waals surface area contributed by atoms with Gasteiger partial charge in [0.2, 0.25) is 5.91 Å². The van der Waals surface area contributed by atoms with Crippen LogP contribution in [0.15, 0.2) is 35.7 Å². The first-order valence-corrected chi connectivity index (χ1v) is 8.72. The number of primary amides is 1. The summed E-state index contributed by atoms with van der Waals surface area (Å²) in [4.78, 5) is 24.5. The van der Waals surface area contributed by atoms with Gasteiger partial charge in [0.1, 0.15) is 5.75 Å². The molecule has 3 N–H and O–H groups in total. The molecule has 2 amide bonds. The molecule has 0 unspecified atom stereocenters. The highest BCUT2D eigenvalue weighted by molar-refractivity contribution is 7.12. The molecule has 2 aromatic rings. The fourth-order valence-corrected chi connectivity index (χ4v) is 3.19. The third-order valence-corrected chi connectivity index (χ3v) is 4.71. The van der Waals surface area contributed by atoms with Gasteiger partial charge in [0.25, 0.3) is 5.91 Å². The molecule has 1 aromatic carbocycles. The third kappa shape index (κ3) is 4.83. The summed E-state index contributed by atoms with van der Waals surface area (Å²) in [5, 5.41) is 4.68. The number of aryl methyl sites for hydroxylation is 1. The Balaban J connectivity index is 1.95. The molecule has 5 nitrogen and oxygen atoms in total. The molecule has 0 radical (unpaired) electrons. The molecule has 0 aliphatic heterocycles. The minimum absolute atomic E-state index is 0.166. The topological polar surface area (TPSA) is 81.4 Å². The Morgan fingerprint density at radius 3 is 2.50 bits per heavy atom. The lowest BCUT2D eigenvalue weighted by Crippen LogP contribution is -2.37. The average molecular weight is 346 g/mol. The number of thiophene rings is 1. The molecule has 0 saturated heterocycles.